The molecule has 0 aromatic carbocycles. The van der Waals surface area contributed by atoms with Gasteiger partial charge in [0, 0.05) is 28.9 Å². The molecule has 1 rings (SSSR count). The van der Waals surface area contributed by atoms with Crippen LogP contribution in [0.25, 0.3) is 0 Å². The molecule has 0 bridgehead atoms. The van der Waals surface area contributed by atoms with Crippen LogP contribution in [-0.2, 0) is 10.8 Å². The number of nitrogens with zero attached hydrogens (tertiary/aromatic N) is 1. The summed E-state index contributed by atoms with van der Waals surface area (Å²) in [7, 11) is -0.798. The molecule has 1 aromatic heterocycles. The summed E-state index contributed by atoms with van der Waals surface area (Å²) in [6.07, 6.45) is 2.44. The number of anilines is 1. The third-order valence-electron chi connectivity index (χ3n) is 2.11. The summed E-state index contributed by atoms with van der Waals surface area (Å²) in [5.41, 5.74) is 0. The van der Waals surface area contributed by atoms with Crippen molar-refractivity contribution in [2.75, 3.05) is 17.3 Å². The van der Waals surface area contributed by atoms with Gasteiger partial charge in [0.15, 0.2) is 0 Å². The smallest absolute Gasteiger partial charge is 0.150 e. The van der Waals surface area contributed by atoms with E-state index < -0.39 is 10.8 Å². The van der Waals surface area contributed by atoms with Crippen molar-refractivity contribution in [1.29, 1.82) is 0 Å². The molecule has 3 nitrogen and oxygen atoms in total. The number of aromatic nitrogens is 1. The van der Waals surface area contributed by atoms with Crippen LogP contribution in [0, 0.1) is 0 Å². The second kappa shape index (κ2) is 6.78. The molecule has 2 unspecified atom stereocenters. The zero-order valence-corrected chi connectivity index (χ0v) is 12.6. The molecule has 17 heavy (non-hydrogen) atoms. The average molecular weight is 316 g/mol. The van der Waals surface area contributed by atoms with Gasteiger partial charge in [0.2, 0.25) is 0 Å². The SMILES string of the molecule is CC(CCS(C)=O)Nc1nc(Cl)c(Cl)cc1Cl. The number of hydrogen-bond donors (Lipinski definition) is 1. The van der Waals surface area contributed by atoms with Gasteiger partial charge in [0.25, 0.3) is 0 Å². The Bertz CT molecular complexity index is 428. The topological polar surface area (TPSA) is 42.0 Å². The molecule has 1 aromatic rings. The van der Waals surface area contributed by atoms with Gasteiger partial charge in [-0.2, -0.15) is 0 Å². The van der Waals surface area contributed by atoms with Gasteiger partial charge in [-0.1, -0.05) is 34.8 Å². The molecule has 0 saturated heterocycles. The van der Waals surface area contributed by atoms with Crippen LogP contribution in [0.3, 0.4) is 0 Å². The van der Waals surface area contributed by atoms with Crippen molar-refractivity contribution in [3.05, 3.63) is 21.3 Å². The van der Waals surface area contributed by atoms with E-state index in [9.17, 15) is 4.21 Å². The predicted octanol–water partition coefficient (Wildman–Crippen LogP) is 3.61. The van der Waals surface area contributed by atoms with Crippen molar-refractivity contribution in [3.8, 4) is 0 Å². The van der Waals surface area contributed by atoms with E-state index >= 15 is 0 Å². The van der Waals surface area contributed by atoms with E-state index in [0.717, 1.165) is 6.42 Å². The van der Waals surface area contributed by atoms with Crippen molar-refractivity contribution in [1.82, 2.24) is 4.98 Å². The zero-order chi connectivity index (χ0) is 13.0. The quantitative estimate of drug-likeness (QED) is 0.844. The summed E-state index contributed by atoms with van der Waals surface area (Å²) in [5, 5.41) is 4.07. The van der Waals surface area contributed by atoms with Crippen molar-refractivity contribution in [2.24, 2.45) is 0 Å². The molecule has 0 aliphatic carbocycles. The van der Waals surface area contributed by atoms with Crippen LogP contribution in [0.15, 0.2) is 6.07 Å². The lowest BCUT2D eigenvalue weighted by Gasteiger charge is -2.15. The minimum absolute atomic E-state index is 0.112. The molecule has 0 amide bonds. The number of rotatable bonds is 5. The van der Waals surface area contributed by atoms with Gasteiger partial charge in [0.1, 0.15) is 11.0 Å². The first-order valence-electron chi connectivity index (χ1n) is 4.98. The Morgan fingerprint density at radius 2 is 2.06 bits per heavy atom. The number of pyridine rings is 1. The molecule has 0 aliphatic rings. The van der Waals surface area contributed by atoms with Crippen molar-refractivity contribution < 1.29 is 4.21 Å². The van der Waals surface area contributed by atoms with Crippen LogP contribution in [-0.4, -0.2) is 27.2 Å². The van der Waals surface area contributed by atoms with Crippen LogP contribution >= 0.6 is 34.8 Å². The number of halogens is 3. The van der Waals surface area contributed by atoms with E-state index in [1.165, 1.54) is 0 Å². The monoisotopic (exact) mass is 314 g/mol. The van der Waals surface area contributed by atoms with Crippen molar-refractivity contribution in [3.63, 3.8) is 0 Å². The first-order valence-corrected chi connectivity index (χ1v) is 7.84. The summed E-state index contributed by atoms with van der Waals surface area (Å²) < 4.78 is 11.0. The second-order valence-corrected chi connectivity index (χ2v) is 6.43. The predicted molar refractivity (Wildman–Crippen MR) is 75.9 cm³/mol. The van der Waals surface area contributed by atoms with E-state index in [1.54, 1.807) is 12.3 Å². The molecular formula is C10H13Cl3N2OS. The molecule has 0 aliphatic heterocycles. The Balaban J connectivity index is 2.68. The lowest BCUT2D eigenvalue weighted by atomic mass is 10.2. The Morgan fingerprint density at radius 1 is 1.41 bits per heavy atom. The van der Waals surface area contributed by atoms with E-state index in [4.69, 9.17) is 34.8 Å². The van der Waals surface area contributed by atoms with Crippen LogP contribution in [0.1, 0.15) is 13.3 Å². The van der Waals surface area contributed by atoms with Crippen molar-refractivity contribution in [2.45, 2.75) is 19.4 Å². The van der Waals surface area contributed by atoms with Crippen LogP contribution in [0.2, 0.25) is 15.2 Å². The first kappa shape index (κ1) is 15.0. The third kappa shape index (κ3) is 5.00. The summed E-state index contributed by atoms with van der Waals surface area (Å²) >= 11 is 17.6. The Kier molecular flexibility index (Phi) is 6.00. The fourth-order valence-electron chi connectivity index (χ4n) is 1.19. The molecule has 7 heteroatoms. The average Bonchev–Trinajstić information content (AvgIpc) is 2.23. The van der Waals surface area contributed by atoms with E-state index in [2.05, 4.69) is 10.3 Å². The minimum Gasteiger partial charge on any atom is -0.366 e. The molecule has 0 radical (unpaired) electrons. The second-order valence-electron chi connectivity index (χ2n) is 3.70. The van der Waals surface area contributed by atoms with E-state index in [0.29, 0.717) is 21.6 Å². The molecule has 0 fully saturated rings. The van der Waals surface area contributed by atoms with Gasteiger partial charge < -0.3 is 5.32 Å². The minimum atomic E-state index is -0.798. The van der Waals surface area contributed by atoms with E-state index in [-0.39, 0.29) is 11.2 Å². The lowest BCUT2D eigenvalue weighted by molar-refractivity contribution is 0.678. The fourth-order valence-corrected chi connectivity index (χ4v) is 2.43. The molecule has 2 atom stereocenters. The van der Waals surface area contributed by atoms with Crippen LogP contribution in [0.4, 0.5) is 5.82 Å². The summed E-state index contributed by atoms with van der Waals surface area (Å²) in [5.74, 6) is 1.13. The van der Waals surface area contributed by atoms with Crippen molar-refractivity contribution >= 4 is 51.4 Å². The third-order valence-corrected chi connectivity index (χ3v) is 3.88. The first-order chi connectivity index (χ1) is 7.90. The summed E-state index contributed by atoms with van der Waals surface area (Å²) in [4.78, 5) is 4.05. The molecule has 0 saturated carbocycles. The Morgan fingerprint density at radius 3 is 2.65 bits per heavy atom. The lowest BCUT2D eigenvalue weighted by Crippen LogP contribution is -2.19. The molecule has 0 spiro atoms. The molecule has 1 heterocycles. The zero-order valence-electron chi connectivity index (χ0n) is 9.47. The molecule has 1 N–H and O–H groups in total. The fraction of sp³-hybridized carbons (Fsp3) is 0.500. The van der Waals surface area contributed by atoms with Gasteiger partial charge in [0.05, 0.1) is 10.0 Å². The molecular weight excluding hydrogens is 303 g/mol. The number of nitrogens with one attached hydrogen (secondary N) is 1. The highest BCUT2D eigenvalue weighted by Gasteiger charge is 2.10. The maximum absolute atomic E-state index is 11.0. The normalized spacial score (nSPS) is 14.4. The Hall–Kier alpha value is -0.0300. The van der Waals surface area contributed by atoms with Gasteiger partial charge >= 0.3 is 0 Å². The maximum Gasteiger partial charge on any atom is 0.150 e. The van der Waals surface area contributed by atoms with Gasteiger partial charge in [-0.05, 0) is 19.4 Å². The van der Waals surface area contributed by atoms with Gasteiger partial charge in [-0.15, -0.1) is 0 Å². The summed E-state index contributed by atoms with van der Waals surface area (Å²) in [6.45, 7) is 1.97. The Labute approximate surface area is 118 Å². The van der Waals surface area contributed by atoms with Crippen LogP contribution in [0.5, 0.6) is 0 Å². The largest absolute Gasteiger partial charge is 0.366 e. The highest BCUT2D eigenvalue weighted by atomic mass is 35.5. The standard InChI is InChI=1S/C10H13Cl3N2OS/c1-6(3-4-17(2)16)14-10-8(12)5-7(11)9(13)15-10/h5-6H,3-4H2,1-2H3,(H,14,15). The van der Waals surface area contributed by atoms with Gasteiger partial charge in [-0.3, -0.25) is 4.21 Å². The molecule has 96 valence electrons. The maximum atomic E-state index is 11.0. The van der Waals surface area contributed by atoms with E-state index in [1.807, 2.05) is 6.92 Å². The van der Waals surface area contributed by atoms with Gasteiger partial charge in [-0.25, -0.2) is 4.98 Å². The summed E-state index contributed by atoms with van der Waals surface area (Å²) in [6, 6.07) is 1.66. The van der Waals surface area contributed by atoms with Crippen LogP contribution < -0.4 is 5.32 Å². The highest BCUT2D eigenvalue weighted by molar-refractivity contribution is 7.84. The highest BCUT2D eigenvalue weighted by Crippen LogP contribution is 2.29. The number of hydrogen-bond acceptors (Lipinski definition) is 3.